The predicted octanol–water partition coefficient (Wildman–Crippen LogP) is 1.22. The largest absolute Gasteiger partial charge is 0.493 e. The van der Waals surface area contributed by atoms with Crippen LogP contribution in [-0.2, 0) is 14.9 Å². The Morgan fingerprint density at radius 3 is 2.57 bits per heavy atom. The Morgan fingerprint density at radius 1 is 1.26 bits per heavy atom. The van der Waals surface area contributed by atoms with E-state index in [9.17, 15) is 4.79 Å². The lowest BCUT2D eigenvalue weighted by atomic mass is 9.74. The predicted molar refractivity (Wildman–Crippen MR) is 88.0 cm³/mol. The van der Waals surface area contributed by atoms with Gasteiger partial charge < -0.3 is 25.3 Å². The van der Waals surface area contributed by atoms with E-state index < -0.39 is 0 Å². The summed E-state index contributed by atoms with van der Waals surface area (Å²) in [4.78, 5) is 11.8. The molecule has 2 rings (SSSR count). The highest BCUT2D eigenvalue weighted by Crippen LogP contribution is 2.38. The van der Waals surface area contributed by atoms with E-state index >= 15 is 0 Å². The van der Waals surface area contributed by atoms with Crippen LogP contribution in [0.1, 0.15) is 24.8 Å². The molecule has 1 aliphatic heterocycles. The highest BCUT2D eigenvalue weighted by molar-refractivity contribution is 5.76. The van der Waals surface area contributed by atoms with Gasteiger partial charge in [0.1, 0.15) is 0 Å². The van der Waals surface area contributed by atoms with Crippen LogP contribution in [0.15, 0.2) is 18.2 Å². The average molecular weight is 322 g/mol. The van der Waals surface area contributed by atoms with Crippen molar-refractivity contribution in [1.29, 1.82) is 0 Å². The van der Waals surface area contributed by atoms with Crippen LogP contribution in [0.5, 0.6) is 11.5 Å². The Balaban J connectivity index is 2.25. The maximum Gasteiger partial charge on any atom is 0.221 e. The van der Waals surface area contributed by atoms with E-state index in [2.05, 4.69) is 5.32 Å². The summed E-state index contributed by atoms with van der Waals surface area (Å²) in [6, 6.07) is 5.95. The Hall–Kier alpha value is -1.79. The van der Waals surface area contributed by atoms with Crippen molar-refractivity contribution in [2.24, 2.45) is 5.73 Å². The number of hydrogen-bond donors (Lipinski definition) is 2. The van der Waals surface area contributed by atoms with Crippen molar-refractivity contribution in [2.75, 3.05) is 40.5 Å². The molecule has 0 atom stereocenters. The zero-order chi connectivity index (χ0) is 16.7. The number of carbonyl (C=O) groups excluding carboxylic acids is 1. The molecule has 1 aromatic rings. The van der Waals surface area contributed by atoms with Crippen LogP contribution in [0, 0.1) is 0 Å². The van der Waals surface area contributed by atoms with Crippen LogP contribution in [0.25, 0.3) is 0 Å². The molecule has 3 N–H and O–H groups in total. The van der Waals surface area contributed by atoms with E-state index in [0.717, 1.165) is 18.4 Å². The molecule has 128 valence electrons. The minimum atomic E-state index is -0.151. The Bertz CT molecular complexity index is 527. The Kier molecular flexibility index (Phi) is 6.24. The number of methoxy groups -OCH3 is 2. The van der Waals surface area contributed by atoms with Gasteiger partial charge in [-0.2, -0.15) is 0 Å². The summed E-state index contributed by atoms with van der Waals surface area (Å²) in [5.41, 5.74) is 6.42. The molecule has 1 heterocycles. The van der Waals surface area contributed by atoms with Crippen LogP contribution < -0.4 is 20.5 Å². The third-order valence-electron chi connectivity index (χ3n) is 4.44. The molecule has 0 unspecified atom stereocenters. The van der Waals surface area contributed by atoms with Crippen LogP contribution in [0.4, 0.5) is 0 Å². The fraction of sp³-hybridized carbons (Fsp3) is 0.588. The fourth-order valence-electron chi connectivity index (χ4n) is 2.98. The lowest BCUT2D eigenvalue weighted by molar-refractivity contribution is -0.121. The van der Waals surface area contributed by atoms with Crippen molar-refractivity contribution >= 4 is 5.91 Å². The number of benzene rings is 1. The molecule has 1 aromatic carbocycles. The van der Waals surface area contributed by atoms with Crippen LogP contribution in [-0.4, -0.2) is 46.4 Å². The minimum Gasteiger partial charge on any atom is -0.493 e. The number of hydrogen-bond acceptors (Lipinski definition) is 5. The third-order valence-corrected chi connectivity index (χ3v) is 4.44. The van der Waals surface area contributed by atoms with Gasteiger partial charge in [0.25, 0.3) is 0 Å². The Morgan fingerprint density at radius 2 is 1.96 bits per heavy atom. The average Bonchev–Trinajstić information content (AvgIpc) is 2.60. The van der Waals surface area contributed by atoms with Crippen LogP contribution in [0.2, 0.25) is 0 Å². The van der Waals surface area contributed by atoms with Gasteiger partial charge in [-0.15, -0.1) is 0 Å². The zero-order valence-corrected chi connectivity index (χ0v) is 13.9. The van der Waals surface area contributed by atoms with Gasteiger partial charge in [0.2, 0.25) is 5.91 Å². The minimum absolute atomic E-state index is 0.0150. The second-order valence-electron chi connectivity index (χ2n) is 5.78. The van der Waals surface area contributed by atoms with E-state index in [1.807, 2.05) is 18.2 Å². The van der Waals surface area contributed by atoms with E-state index in [0.29, 0.717) is 44.2 Å². The van der Waals surface area contributed by atoms with Gasteiger partial charge in [-0.25, -0.2) is 0 Å². The number of nitrogens with two attached hydrogens (primary N) is 1. The van der Waals surface area contributed by atoms with Gasteiger partial charge in [-0.1, -0.05) is 6.07 Å². The van der Waals surface area contributed by atoms with Crippen molar-refractivity contribution in [1.82, 2.24) is 5.32 Å². The molecule has 0 aromatic heterocycles. The molecule has 0 spiro atoms. The molecular formula is C17H26N2O4. The van der Waals surface area contributed by atoms with Gasteiger partial charge in [-0.3, -0.25) is 4.79 Å². The first kappa shape index (κ1) is 17.6. The maximum absolute atomic E-state index is 11.8. The standard InChI is InChI=1S/C17H26N2O4/c1-21-14-4-3-13(11-15(14)22-2)17(6-9-23-10-7-17)12-19-16(20)5-8-18/h3-4,11H,5-10,12,18H2,1-2H3,(H,19,20). The van der Waals surface area contributed by atoms with Gasteiger partial charge >= 0.3 is 0 Å². The zero-order valence-electron chi connectivity index (χ0n) is 13.9. The van der Waals surface area contributed by atoms with Gasteiger partial charge in [0.05, 0.1) is 14.2 Å². The van der Waals surface area contributed by atoms with Gasteiger partial charge in [-0.05, 0) is 30.5 Å². The van der Waals surface area contributed by atoms with E-state index in [1.54, 1.807) is 14.2 Å². The molecule has 1 amide bonds. The van der Waals surface area contributed by atoms with E-state index in [1.165, 1.54) is 0 Å². The molecule has 1 fully saturated rings. The summed E-state index contributed by atoms with van der Waals surface area (Å²) in [6.07, 6.45) is 2.05. The van der Waals surface area contributed by atoms with Crippen LogP contribution in [0.3, 0.4) is 0 Å². The summed E-state index contributed by atoms with van der Waals surface area (Å²) in [5, 5.41) is 3.01. The first-order valence-corrected chi connectivity index (χ1v) is 7.92. The number of carbonyl (C=O) groups is 1. The summed E-state index contributed by atoms with van der Waals surface area (Å²) >= 11 is 0. The van der Waals surface area contributed by atoms with Crippen molar-refractivity contribution in [3.05, 3.63) is 23.8 Å². The topological polar surface area (TPSA) is 82.8 Å². The van der Waals surface area contributed by atoms with Gasteiger partial charge in [0.15, 0.2) is 11.5 Å². The summed E-state index contributed by atoms with van der Waals surface area (Å²) in [6.45, 7) is 2.30. The SMILES string of the molecule is COc1ccc(C2(CNC(=O)CCN)CCOCC2)cc1OC. The Labute approximate surface area is 137 Å². The number of ether oxygens (including phenoxy) is 3. The van der Waals surface area contributed by atoms with Crippen LogP contribution >= 0.6 is 0 Å². The number of nitrogens with one attached hydrogen (secondary N) is 1. The maximum atomic E-state index is 11.8. The lowest BCUT2D eigenvalue weighted by Crippen LogP contribution is -2.44. The second-order valence-corrected chi connectivity index (χ2v) is 5.78. The second kappa shape index (κ2) is 8.17. The first-order valence-electron chi connectivity index (χ1n) is 7.92. The summed E-state index contributed by atoms with van der Waals surface area (Å²) < 4.78 is 16.2. The normalized spacial score (nSPS) is 16.7. The highest BCUT2D eigenvalue weighted by Gasteiger charge is 2.35. The molecular weight excluding hydrogens is 296 g/mol. The van der Waals surface area contributed by atoms with Gasteiger partial charge in [0, 0.05) is 38.1 Å². The fourth-order valence-corrected chi connectivity index (χ4v) is 2.98. The number of rotatable bonds is 7. The summed E-state index contributed by atoms with van der Waals surface area (Å²) in [5.74, 6) is 1.38. The molecule has 6 nitrogen and oxygen atoms in total. The number of amides is 1. The van der Waals surface area contributed by atoms with Crippen molar-refractivity contribution in [3.63, 3.8) is 0 Å². The summed E-state index contributed by atoms with van der Waals surface area (Å²) in [7, 11) is 3.25. The van der Waals surface area contributed by atoms with E-state index in [-0.39, 0.29) is 11.3 Å². The third kappa shape index (κ3) is 4.14. The molecule has 1 saturated heterocycles. The van der Waals surface area contributed by atoms with Crippen molar-refractivity contribution < 1.29 is 19.0 Å². The molecule has 0 saturated carbocycles. The monoisotopic (exact) mass is 322 g/mol. The molecule has 0 bridgehead atoms. The molecule has 23 heavy (non-hydrogen) atoms. The molecule has 0 aliphatic carbocycles. The smallest absolute Gasteiger partial charge is 0.221 e. The van der Waals surface area contributed by atoms with Crippen molar-refractivity contribution in [3.8, 4) is 11.5 Å². The van der Waals surface area contributed by atoms with Crippen molar-refractivity contribution in [2.45, 2.75) is 24.7 Å². The molecule has 1 aliphatic rings. The molecule has 0 radical (unpaired) electrons. The lowest BCUT2D eigenvalue weighted by Gasteiger charge is -2.38. The van der Waals surface area contributed by atoms with E-state index in [4.69, 9.17) is 19.9 Å². The highest BCUT2D eigenvalue weighted by atomic mass is 16.5. The molecule has 6 heteroatoms. The first-order chi connectivity index (χ1) is 11.1. The quantitative estimate of drug-likeness (QED) is 0.788.